The summed E-state index contributed by atoms with van der Waals surface area (Å²) in [5.41, 5.74) is 6.03. The van der Waals surface area contributed by atoms with Crippen LogP contribution in [0.4, 0.5) is 0 Å². The molecule has 1 rings (SSSR count). The third-order valence-electron chi connectivity index (χ3n) is 2.22. The maximum absolute atomic E-state index is 11.4. The highest BCUT2D eigenvalue weighted by Crippen LogP contribution is 1.93. The standard InChI is InChI=1S/C11H20N4O3/c1-2-3-4-17-5-6-18-11(16)9-15-8-10(7-12)13-14-15/h8H,2-7,9,12H2,1H3. The Hall–Kier alpha value is -1.47. The first kappa shape index (κ1) is 14.6. The van der Waals surface area contributed by atoms with Gasteiger partial charge in [0.25, 0.3) is 0 Å². The monoisotopic (exact) mass is 256 g/mol. The van der Waals surface area contributed by atoms with Crippen molar-refractivity contribution in [3.8, 4) is 0 Å². The molecule has 0 bridgehead atoms. The number of nitrogens with zero attached hydrogens (tertiary/aromatic N) is 3. The molecule has 7 nitrogen and oxygen atoms in total. The molecule has 2 N–H and O–H groups in total. The van der Waals surface area contributed by atoms with E-state index in [1.165, 1.54) is 4.68 Å². The molecule has 0 aromatic carbocycles. The van der Waals surface area contributed by atoms with Gasteiger partial charge in [0.15, 0.2) is 0 Å². The highest BCUT2D eigenvalue weighted by Gasteiger charge is 2.06. The smallest absolute Gasteiger partial charge is 0.327 e. The van der Waals surface area contributed by atoms with Crippen LogP contribution in [0.1, 0.15) is 25.5 Å². The molecule has 0 spiro atoms. The largest absolute Gasteiger partial charge is 0.462 e. The maximum Gasteiger partial charge on any atom is 0.327 e. The van der Waals surface area contributed by atoms with Crippen molar-refractivity contribution in [1.82, 2.24) is 15.0 Å². The van der Waals surface area contributed by atoms with E-state index in [0.717, 1.165) is 12.8 Å². The number of hydrogen-bond acceptors (Lipinski definition) is 6. The molecule has 0 saturated heterocycles. The molecule has 1 aromatic heterocycles. The second-order valence-electron chi connectivity index (χ2n) is 3.80. The van der Waals surface area contributed by atoms with Crippen molar-refractivity contribution in [2.24, 2.45) is 5.73 Å². The van der Waals surface area contributed by atoms with Crippen molar-refractivity contribution in [2.45, 2.75) is 32.9 Å². The van der Waals surface area contributed by atoms with Gasteiger partial charge in [-0.3, -0.25) is 4.79 Å². The van der Waals surface area contributed by atoms with E-state index in [0.29, 0.717) is 25.5 Å². The van der Waals surface area contributed by atoms with E-state index >= 15 is 0 Å². The Balaban J connectivity index is 2.10. The van der Waals surface area contributed by atoms with Crippen LogP contribution in [-0.2, 0) is 27.4 Å². The van der Waals surface area contributed by atoms with Gasteiger partial charge in [-0.1, -0.05) is 18.6 Å². The second-order valence-corrected chi connectivity index (χ2v) is 3.80. The van der Waals surface area contributed by atoms with E-state index in [-0.39, 0.29) is 19.1 Å². The van der Waals surface area contributed by atoms with Gasteiger partial charge in [0.2, 0.25) is 0 Å². The van der Waals surface area contributed by atoms with E-state index < -0.39 is 0 Å². The van der Waals surface area contributed by atoms with Gasteiger partial charge in [-0.25, -0.2) is 4.68 Å². The zero-order valence-electron chi connectivity index (χ0n) is 10.7. The van der Waals surface area contributed by atoms with Gasteiger partial charge in [0, 0.05) is 13.2 Å². The summed E-state index contributed by atoms with van der Waals surface area (Å²) in [6, 6.07) is 0. The topological polar surface area (TPSA) is 92.3 Å². The Labute approximate surface area is 106 Å². The van der Waals surface area contributed by atoms with Crippen LogP contribution in [-0.4, -0.2) is 40.8 Å². The van der Waals surface area contributed by atoms with Crippen LogP contribution in [0.2, 0.25) is 0 Å². The van der Waals surface area contributed by atoms with Crippen LogP contribution in [0.5, 0.6) is 0 Å². The highest BCUT2D eigenvalue weighted by atomic mass is 16.6. The summed E-state index contributed by atoms with van der Waals surface area (Å²) in [7, 11) is 0. The molecular formula is C11H20N4O3. The van der Waals surface area contributed by atoms with Crippen LogP contribution >= 0.6 is 0 Å². The zero-order chi connectivity index (χ0) is 13.2. The number of carbonyl (C=O) groups is 1. The molecule has 0 saturated carbocycles. The summed E-state index contributed by atoms with van der Waals surface area (Å²) in [6.45, 7) is 3.84. The fraction of sp³-hybridized carbons (Fsp3) is 0.727. The summed E-state index contributed by atoms with van der Waals surface area (Å²) in [5, 5.41) is 7.52. The Bertz CT molecular complexity index is 354. The van der Waals surface area contributed by atoms with Crippen molar-refractivity contribution >= 4 is 5.97 Å². The SMILES string of the molecule is CCCCOCCOC(=O)Cn1cc(CN)nn1. The molecule has 7 heteroatoms. The molecule has 0 fully saturated rings. The van der Waals surface area contributed by atoms with Crippen molar-refractivity contribution in [1.29, 1.82) is 0 Å². The van der Waals surface area contributed by atoms with Gasteiger partial charge in [0.1, 0.15) is 13.2 Å². The highest BCUT2D eigenvalue weighted by molar-refractivity contribution is 5.68. The second kappa shape index (κ2) is 8.60. The Morgan fingerprint density at radius 3 is 2.94 bits per heavy atom. The van der Waals surface area contributed by atoms with Gasteiger partial charge < -0.3 is 15.2 Å². The summed E-state index contributed by atoms with van der Waals surface area (Å²) in [4.78, 5) is 11.4. The average molecular weight is 256 g/mol. The van der Waals surface area contributed by atoms with E-state index in [4.69, 9.17) is 15.2 Å². The molecule has 102 valence electrons. The fourth-order valence-corrected chi connectivity index (χ4v) is 1.25. The lowest BCUT2D eigenvalue weighted by Gasteiger charge is -2.05. The third kappa shape index (κ3) is 5.74. The van der Waals surface area contributed by atoms with E-state index in [2.05, 4.69) is 17.2 Å². The number of nitrogens with two attached hydrogens (primary N) is 1. The molecule has 1 heterocycles. The van der Waals surface area contributed by atoms with Crippen LogP contribution in [0.15, 0.2) is 6.20 Å². The third-order valence-corrected chi connectivity index (χ3v) is 2.22. The minimum atomic E-state index is -0.359. The molecular weight excluding hydrogens is 236 g/mol. The quantitative estimate of drug-likeness (QED) is 0.497. The number of carbonyl (C=O) groups excluding carboxylic acids is 1. The van der Waals surface area contributed by atoms with Crippen LogP contribution < -0.4 is 5.73 Å². The summed E-state index contributed by atoms with van der Waals surface area (Å²) in [5.74, 6) is -0.359. The minimum Gasteiger partial charge on any atom is -0.462 e. The number of hydrogen-bond donors (Lipinski definition) is 1. The van der Waals surface area contributed by atoms with Gasteiger partial charge >= 0.3 is 5.97 Å². The zero-order valence-corrected chi connectivity index (χ0v) is 10.7. The number of rotatable bonds is 9. The van der Waals surface area contributed by atoms with Gasteiger partial charge in [-0.05, 0) is 6.42 Å². The lowest BCUT2D eigenvalue weighted by atomic mass is 10.4. The van der Waals surface area contributed by atoms with Gasteiger partial charge in [-0.2, -0.15) is 0 Å². The Kier molecular flexibility index (Phi) is 6.97. The normalized spacial score (nSPS) is 10.6. The molecule has 0 aliphatic rings. The summed E-state index contributed by atoms with van der Waals surface area (Å²) >= 11 is 0. The molecule has 0 radical (unpaired) electrons. The first-order valence-corrected chi connectivity index (χ1v) is 6.08. The van der Waals surface area contributed by atoms with Crippen molar-refractivity contribution in [3.63, 3.8) is 0 Å². The number of esters is 1. The predicted octanol–water partition coefficient (Wildman–Crippen LogP) is 0.0967. The van der Waals surface area contributed by atoms with Crippen molar-refractivity contribution in [2.75, 3.05) is 19.8 Å². The van der Waals surface area contributed by atoms with E-state index in [1.54, 1.807) is 6.20 Å². The van der Waals surface area contributed by atoms with E-state index in [1.807, 2.05) is 0 Å². The number of aromatic nitrogens is 3. The first-order chi connectivity index (χ1) is 8.76. The average Bonchev–Trinajstić information content (AvgIpc) is 2.81. The molecule has 0 aliphatic carbocycles. The van der Waals surface area contributed by atoms with Crippen LogP contribution in [0.3, 0.4) is 0 Å². The maximum atomic E-state index is 11.4. The molecule has 0 atom stereocenters. The summed E-state index contributed by atoms with van der Waals surface area (Å²) < 4.78 is 11.7. The lowest BCUT2D eigenvalue weighted by Crippen LogP contribution is -2.17. The molecule has 18 heavy (non-hydrogen) atoms. The molecule has 0 aliphatic heterocycles. The van der Waals surface area contributed by atoms with Crippen molar-refractivity contribution < 1.29 is 14.3 Å². The molecule has 0 amide bonds. The molecule has 0 unspecified atom stereocenters. The van der Waals surface area contributed by atoms with Crippen LogP contribution in [0.25, 0.3) is 0 Å². The first-order valence-electron chi connectivity index (χ1n) is 6.08. The van der Waals surface area contributed by atoms with E-state index in [9.17, 15) is 4.79 Å². The predicted molar refractivity (Wildman–Crippen MR) is 64.6 cm³/mol. The molecule has 1 aromatic rings. The summed E-state index contributed by atoms with van der Waals surface area (Å²) in [6.07, 6.45) is 3.74. The van der Waals surface area contributed by atoms with Gasteiger partial charge in [0.05, 0.1) is 18.5 Å². The Morgan fingerprint density at radius 1 is 1.44 bits per heavy atom. The Morgan fingerprint density at radius 2 is 2.28 bits per heavy atom. The number of ether oxygens (including phenoxy) is 2. The van der Waals surface area contributed by atoms with Gasteiger partial charge in [-0.15, -0.1) is 5.10 Å². The lowest BCUT2D eigenvalue weighted by molar-refractivity contribution is -0.146. The minimum absolute atomic E-state index is 0.0436. The van der Waals surface area contributed by atoms with Crippen LogP contribution in [0, 0.1) is 0 Å². The fourth-order valence-electron chi connectivity index (χ4n) is 1.25. The number of unbranched alkanes of at least 4 members (excludes halogenated alkanes) is 1. The van der Waals surface area contributed by atoms with Crippen molar-refractivity contribution in [3.05, 3.63) is 11.9 Å².